The van der Waals surface area contributed by atoms with E-state index in [1.165, 1.54) is 36.8 Å². The molecule has 2 aromatic heterocycles. The predicted molar refractivity (Wildman–Crippen MR) is 110 cm³/mol. The normalized spacial score (nSPS) is 11.1. The first-order valence-electron chi connectivity index (χ1n) is 9.10. The lowest BCUT2D eigenvalue weighted by Gasteiger charge is -2.14. The van der Waals surface area contributed by atoms with Crippen molar-refractivity contribution in [1.29, 1.82) is 0 Å². The summed E-state index contributed by atoms with van der Waals surface area (Å²) in [5, 5.41) is 7.10. The van der Waals surface area contributed by atoms with Crippen LogP contribution in [0, 0.1) is 0 Å². The molecule has 164 valence electrons. The second-order valence-electron chi connectivity index (χ2n) is 6.21. The Morgan fingerprint density at radius 2 is 2.00 bits per heavy atom. The third-order valence-electron chi connectivity index (χ3n) is 4.10. The van der Waals surface area contributed by atoms with Crippen LogP contribution in [-0.4, -0.2) is 36.1 Å². The van der Waals surface area contributed by atoms with E-state index in [1.54, 1.807) is 17.6 Å². The van der Waals surface area contributed by atoms with Crippen molar-refractivity contribution >= 4 is 23.1 Å². The molecule has 0 aliphatic heterocycles. The molecule has 11 heteroatoms. The van der Waals surface area contributed by atoms with Crippen molar-refractivity contribution in [1.82, 2.24) is 15.3 Å². The summed E-state index contributed by atoms with van der Waals surface area (Å²) in [6.07, 6.45) is -3.25. The number of carbonyl (C=O) groups is 1. The maximum atomic E-state index is 13.0. The summed E-state index contributed by atoms with van der Waals surface area (Å²) in [5.41, 5.74) is 1.95. The van der Waals surface area contributed by atoms with Crippen molar-refractivity contribution in [3.63, 3.8) is 0 Å². The highest BCUT2D eigenvalue weighted by atomic mass is 32.1. The number of ether oxygens (including phenoxy) is 2. The fraction of sp³-hybridized carbons (Fsp3) is 0.250. The van der Waals surface area contributed by atoms with E-state index in [4.69, 9.17) is 9.47 Å². The van der Waals surface area contributed by atoms with Gasteiger partial charge in [0.15, 0.2) is 11.5 Å². The van der Waals surface area contributed by atoms with Crippen molar-refractivity contribution in [2.45, 2.75) is 12.8 Å². The van der Waals surface area contributed by atoms with E-state index in [-0.39, 0.29) is 25.5 Å². The molecule has 0 saturated heterocycles. The van der Waals surface area contributed by atoms with E-state index in [9.17, 15) is 18.0 Å². The van der Waals surface area contributed by atoms with E-state index in [1.807, 2.05) is 5.38 Å². The van der Waals surface area contributed by atoms with Gasteiger partial charge in [0.05, 0.1) is 23.9 Å². The number of pyridine rings is 1. The zero-order valence-corrected chi connectivity index (χ0v) is 17.2. The quantitative estimate of drug-likeness (QED) is 0.478. The van der Waals surface area contributed by atoms with Crippen LogP contribution in [0.15, 0.2) is 47.4 Å². The van der Waals surface area contributed by atoms with Crippen LogP contribution in [0.1, 0.15) is 21.6 Å². The Balaban J connectivity index is 1.54. The second kappa shape index (κ2) is 10.1. The largest absolute Gasteiger partial charge is 0.493 e. The molecule has 0 atom stereocenters. The SMILES string of the molecule is COc1cc(C(=O)NCCNc2ncccc2C(F)(F)F)ccc1OCc1cscn1. The number of aromatic nitrogens is 2. The molecule has 1 amide bonds. The molecule has 0 radical (unpaired) electrons. The maximum absolute atomic E-state index is 13.0. The van der Waals surface area contributed by atoms with Crippen molar-refractivity contribution in [2.24, 2.45) is 0 Å². The smallest absolute Gasteiger partial charge is 0.419 e. The number of anilines is 1. The number of nitrogens with one attached hydrogen (secondary N) is 2. The van der Waals surface area contributed by atoms with Gasteiger partial charge < -0.3 is 20.1 Å². The van der Waals surface area contributed by atoms with E-state index in [0.717, 1.165) is 11.8 Å². The minimum absolute atomic E-state index is 0.0673. The molecular formula is C20H19F3N4O3S. The summed E-state index contributed by atoms with van der Waals surface area (Å²) in [4.78, 5) is 20.2. The van der Waals surface area contributed by atoms with Gasteiger partial charge in [0.2, 0.25) is 0 Å². The second-order valence-corrected chi connectivity index (χ2v) is 6.93. The molecule has 7 nitrogen and oxygen atoms in total. The number of nitrogens with zero attached hydrogens (tertiary/aromatic N) is 2. The monoisotopic (exact) mass is 452 g/mol. The molecule has 3 aromatic rings. The Labute approximate surface area is 180 Å². The summed E-state index contributed by atoms with van der Waals surface area (Å²) in [6.45, 7) is 0.430. The average Bonchev–Trinajstić information content (AvgIpc) is 3.28. The highest BCUT2D eigenvalue weighted by Gasteiger charge is 2.33. The number of hydrogen-bond donors (Lipinski definition) is 2. The van der Waals surface area contributed by atoms with Crippen LogP contribution in [-0.2, 0) is 12.8 Å². The van der Waals surface area contributed by atoms with Crippen molar-refractivity contribution in [3.05, 3.63) is 64.2 Å². The Morgan fingerprint density at radius 1 is 1.16 bits per heavy atom. The molecule has 0 bridgehead atoms. The molecule has 0 saturated carbocycles. The molecule has 31 heavy (non-hydrogen) atoms. The van der Waals surface area contributed by atoms with Gasteiger partial charge in [-0.05, 0) is 30.3 Å². The van der Waals surface area contributed by atoms with Gasteiger partial charge in [0.1, 0.15) is 12.4 Å². The highest BCUT2D eigenvalue weighted by molar-refractivity contribution is 7.07. The van der Waals surface area contributed by atoms with Crippen molar-refractivity contribution in [3.8, 4) is 11.5 Å². The Bertz CT molecular complexity index is 1010. The number of thiazole rings is 1. The van der Waals surface area contributed by atoms with Crippen molar-refractivity contribution in [2.75, 3.05) is 25.5 Å². The molecule has 1 aromatic carbocycles. The summed E-state index contributed by atoms with van der Waals surface area (Å²) >= 11 is 1.46. The fourth-order valence-corrected chi connectivity index (χ4v) is 3.17. The van der Waals surface area contributed by atoms with Crippen LogP contribution in [0.5, 0.6) is 11.5 Å². The van der Waals surface area contributed by atoms with Gasteiger partial charge in [0, 0.05) is 30.2 Å². The van der Waals surface area contributed by atoms with E-state index >= 15 is 0 Å². The van der Waals surface area contributed by atoms with Crippen LogP contribution >= 0.6 is 11.3 Å². The van der Waals surface area contributed by atoms with Crippen molar-refractivity contribution < 1.29 is 27.4 Å². The number of amides is 1. The zero-order chi connectivity index (χ0) is 22.3. The van der Waals surface area contributed by atoms with Crippen LogP contribution in [0.3, 0.4) is 0 Å². The molecule has 0 fully saturated rings. The topological polar surface area (TPSA) is 85.4 Å². The minimum Gasteiger partial charge on any atom is -0.493 e. The standard InChI is InChI=1S/C20H19F3N4O3S/c1-29-17-9-13(4-5-16(17)30-10-14-11-31-12-27-14)19(28)26-8-7-25-18-15(20(21,22)23)3-2-6-24-18/h2-6,9,11-12H,7-8,10H2,1H3,(H,24,25)(H,26,28). The van der Waals surface area contributed by atoms with Gasteiger partial charge in [0.25, 0.3) is 5.91 Å². The molecule has 0 spiro atoms. The lowest BCUT2D eigenvalue weighted by Crippen LogP contribution is -2.29. The number of alkyl halides is 3. The summed E-state index contributed by atoms with van der Waals surface area (Å²) in [5.74, 6) is 0.156. The zero-order valence-electron chi connectivity index (χ0n) is 16.4. The maximum Gasteiger partial charge on any atom is 0.419 e. The number of carbonyl (C=O) groups excluding carboxylic acids is 1. The first-order chi connectivity index (χ1) is 14.9. The number of benzene rings is 1. The van der Waals surface area contributed by atoms with Crippen LogP contribution in [0.25, 0.3) is 0 Å². The van der Waals surface area contributed by atoms with Gasteiger partial charge in [-0.15, -0.1) is 11.3 Å². The number of halogens is 3. The van der Waals surface area contributed by atoms with E-state index in [0.29, 0.717) is 17.1 Å². The lowest BCUT2D eigenvalue weighted by molar-refractivity contribution is -0.137. The van der Waals surface area contributed by atoms with Gasteiger partial charge in [-0.25, -0.2) is 9.97 Å². The predicted octanol–water partition coefficient (Wildman–Crippen LogP) is 3.99. The third-order valence-corrected chi connectivity index (χ3v) is 4.74. The number of rotatable bonds is 9. The number of hydrogen-bond acceptors (Lipinski definition) is 7. The molecule has 0 aliphatic carbocycles. The first kappa shape index (κ1) is 22.3. The van der Waals surface area contributed by atoms with Gasteiger partial charge in [-0.3, -0.25) is 4.79 Å². The first-order valence-corrected chi connectivity index (χ1v) is 10.0. The Hall–Kier alpha value is -3.34. The Kier molecular flexibility index (Phi) is 7.29. The molecule has 3 rings (SSSR count). The molecule has 0 unspecified atom stereocenters. The average molecular weight is 452 g/mol. The minimum atomic E-state index is -4.51. The molecule has 2 heterocycles. The summed E-state index contributed by atoms with van der Waals surface area (Å²) in [7, 11) is 1.46. The van der Waals surface area contributed by atoms with Crippen LogP contribution in [0.4, 0.5) is 19.0 Å². The molecule has 2 N–H and O–H groups in total. The van der Waals surface area contributed by atoms with Crippen LogP contribution < -0.4 is 20.1 Å². The highest BCUT2D eigenvalue weighted by Crippen LogP contribution is 2.33. The number of methoxy groups -OCH3 is 1. The Morgan fingerprint density at radius 3 is 2.71 bits per heavy atom. The van der Waals surface area contributed by atoms with E-state index in [2.05, 4.69) is 20.6 Å². The summed E-state index contributed by atoms with van der Waals surface area (Å²) in [6, 6.07) is 6.87. The summed E-state index contributed by atoms with van der Waals surface area (Å²) < 4.78 is 49.9. The van der Waals surface area contributed by atoms with Gasteiger partial charge in [-0.2, -0.15) is 13.2 Å². The molecule has 0 aliphatic rings. The van der Waals surface area contributed by atoms with Gasteiger partial charge >= 0.3 is 6.18 Å². The van der Waals surface area contributed by atoms with Gasteiger partial charge in [-0.1, -0.05) is 0 Å². The van der Waals surface area contributed by atoms with Crippen LogP contribution in [0.2, 0.25) is 0 Å². The third kappa shape index (κ3) is 6.07. The van der Waals surface area contributed by atoms with E-state index < -0.39 is 17.6 Å². The fourth-order valence-electron chi connectivity index (χ4n) is 2.62. The lowest BCUT2D eigenvalue weighted by atomic mass is 10.2. The molecular weight excluding hydrogens is 433 g/mol.